The predicted molar refractivity (Wildman–Crippen MR) is 179 cm³/mol. The van der Waals surface area contributed by atoms with Gasteiger partial charge >= 0.3 is 5.97 Å². The van der Waals surface area contributed by atoms with Gasteiger partial charge in [-0.15, -0.1) is 0 Å². The molecule has 1 heterocycles. The molecule has 5 aliphatic rings. The zero-order valence-electron chi connectivity index (χ0n) is 26.4. The fourth-order valence-corrected chi connectivity index (χ4v) is 11.8. The van der Waals surface area contributed by atoms with E-state index in [0.29, 0.717) is 24.2 Å². The number of fused-ring (bicyclic) bond motifs is 3. The number of esters is 1. The number of carbonyl (C=O) groups is 1. The van der Waals surface area contributed by atoms with Crippen LogP contribution in [0.2, 0.25) is 0 Å². The first-order valence-corrected chi connectivity index (χ1v) is 17.9. The van der Waals surface area contributed by atoms with Crippen LogP contribution in [0.1, 0.15) is 55.7 Å². The predicted octanol–water partition coefficient (Wildman–Crippen LogP) is 9.48. The third-order valence-corrected chi connectivity index (χ3v) is 13.6. The molecule has 4 nitrogen and oxygen atoms in total. The van der Waals surface area contributed by atoms with Gasteiger partial charge in [-0.05, 0) is 146 Å². The highest BCUT2D eigenvalue weighted by Crippen LogP contribution is 2.63. The second-order valence-electron chi connectivity index (χ2n) is 14.0. The Morgan fingerprint density at radius 3 is 1.89 bits per heavy atom. The van der Waals surface area contributed by atoms with E-state index in [1.54, 1.807) is 0 Å². The fraction of sp³-hybridized carbons (Fsp3) is 0.375. The molecule has 0 atom stereocenters. The zero-order valence-corrected chi connectivity index (χ0v) is 27.3. The van der Waals surface area contributed by atoms with E-state index in [1.165, 1.54) is 57.9 Å². The van der Waals surface area contributed by atoms with Crippen LogP contribution in [0.25, 0.3) is 11.1 Å². The summed E-state index contributed by atoms with van der Waals surface area (Å²) in [4.78, 5) is 17.1. The second-order valence-corrected chi connectivity index (χ2v) is 16.1. The first-order chi connectivity index (χ1) is 21.9. The number of rotatable bonds is 8. The Morgan fingerprint density at radius 2 is 1.31 bits per heavy atom. The summed E-state index contributed by atoms with van der Waals surface area (Å²) >= 11 is 0. The van der Waals surface area contributed by atoms with E-state index >= 15 is 0 Å². The van der Waals surface area contributed by atoms with Gasteiger partial charge in [-0.25, -0.2) is 4.79 Å². The molecule has 0 aromatic heterocycles. The fourth-order valence-electron chi connectivity index (χ4n) is 9.03. The molecule has 0 saturated heterocycles. The minimum atomic E-state index is -0.596. The molecule has 0 amide bonds. The van der Waals surface area contributed by atoms with Gasteiger partial charge in [0.1, 0.15) is 23.7 Å². The normalized spacial score (nSPS) is 26.3. The van der Waals surface area contributed by atoms with Gasteiger partial charge in [-0.3, -0.25) is 0 Å². The summed E-state index contributed by atoms with van der Waals surface area (Å²) < 4.78 is 18.4. The van der Waals surface area contributed by atoms with Gasteiger partial charge in [0.2, 0.25) is 0 Å². The zero-order chi connectivity index (χ0) is 30.7. The molecule has 4 aromatic rings. The first kappa shape index (κ1) is 28.8. The summed E-state index contributed by atoms with van der Waals surface area (Å²) in [5.41, 5.74) is 5.75. The van der Waals surface area contributed by atoms with Crippen LogP contribution in [0.3, 0.4) is 0 Å². The van der Waals surface area contributed by atoms with E-state index in [2.05, 4.69) is 81.4 Å². The summed E-state index contributed by atoms with van der Waals surface area (Å²) in [5, 5.41) is 0. The van der Waals surface area contributed by atoms with Crippen molar-refractivity contribution in [2.75, 3.05) is 6.61 Å². The van der Waals surface area contributed by atoms with Gasteiger partial charge < -0.3 is 14.2 Å². The molecular weight excluding hydrogens is 577 g/mol. The number of ether oxygens (including phenoxy) is 3. The van der Waals surface area contributed by atoms with Crippen molar-refractivity contribution in [1.82, 2.24) is 0 Å². The lowest BCUT2D eigenvalue weighted by molar-refractivity contribution is -0.204. The largest absolute Gasteiger partial charge is 0.488 e. The van der Waals surface area contributed by atoms with Crippen molar-refractivity contribution < 1.29 is 19.0 Å². The molecule has 0 N–H and O–H groups in total. The van der Waals surface area contributed by atoms with Gasteiger partial charge in [0, 0.05) is 9.79 Å². The maximum absolute atomic E-state index is 12.9. The number of carbonyl (C=O) groups excluding carboxylic acids is 1. The lowest BCUT2D eigenvalue weighted by atomic mass is 9.50. The Labute approximate surface area is 269 Å². The van der Waals surface area contributed by atoms with Crippen molar-refractivity contribution in [1.29, 1.82) is 0 Å². The van der Waals surface area contributed by atoms with Crippen molar-refractivity contribution in [2.45, 2.75) is 79.8 Å². The molecule has 4 aromatic carbocycles. The molecule has 4 fully saturated rings. The van der Waals surface area contributed by atoms with E-state index in [0.717, 1.165) is 34.3 Å². The van der Waals surface area contributed by atoms with Crippen LogP contribution in [-0.4, -0.2) is 18.2 Å². The van der Waals surface area contributed by atoms with E-state index < -0.39 is 10.9 Å². The first-order valence-electron chi connectivity index (χ1n) is 16.5. The van der Waals surface area contributed by atoms with Crippen molar-refractivity contribution in [3.8, 4) is 22.6 Å². The van der Waals surface area contributed by atoms with Gasteiger partial charge in [0.05, 0.1) is 0 Å². The third kappa shape index (κ3) is 5.13. The summed E-state index contributed by atoms with van der Waals surface area (Å²) in [6, 6.07) is 30.1. The van der Waals surface area contributed by atoms with Crippen molar-refractivity contribution in [3.05, 3.63) is 102 Å². The van der Waals surface area contributed by atoms with E-state index in [9.17, 15) is 4.79 Å². The highest BCUT2D eigenvalue weighted by atomic mass is 32.2. The molecule has 4 aliphatic carbocycles. The molecule has 5 heteroatoms. The van der Waals surface area contributed by atoms with Crippen LogP contribution >= 0.6 is 10.9 Å². The lowest BCUT2D eigenvalue weighted by Gasteiger charge is -2.59. The van der Waals surface area contributed by atoms with Crippen LogP contribution < -0.4 is 9.47 Å². The Kier molecular flexibility index (Phi) is 7.20. The topological polar surface area (TPSA) is 44.8 Å². The molecule has 0 unspecified atom stereocenters. The quantitative estimate of drug-likeness (QED) is 0.139. The monoisotopic (exact) mass is 618 g/mol. The maximum atomic E-state index is 12.9. The highest BCUT2D eigenvalue weighted by molar-refractivity contribution is 8.17. The van der Waals surface area contributed by atoms with Crippen LogP contribution in [0.4, 0.5) is 0 Å². The van der Waals surface area contributed by atoms with E-state index in [4.69, 9.17) is 14.2 Å². The SMILES string of the molecule is Cc1cc([SH]2c3ccccc3-c3ccccc32)cc(C)c1OCc1ccc(OCC(=O)OC2(C)C3CC4CC(C3)CC2C4)cc1. The van der Waals surface area contributed by atoms with Crippen molar-refractivity contribution in [2.24, 2.45) is 23.7 Å². The molecule has 4 bridgehead atoms. The Balaban J connectivity index is 0.893. The second kappa shape index (κ2) is 11.3. The number of thiol groups is 1. The van der Waals surface area contributed by atoms with E-state index in [1.807, 2.05) is 24.3 Å². The molecule has 232 valence electrons. The standard InChI is InChI=1S/C40H42O4S/c1-25-16-33(45-36-10-6-4-8-34(36)35-9-5-7-11-37(35)45)17-26(2)39(25)43-23-27-12-14-32(15-13-27)42-24-38(41)44-40(3)30-19-28-18-29(21-30)22-31(40)20-28/h4-17,28-31,45H,18-24H2,1-3H3. The summed E-state index contributed by atoms with van der Waals surface area (Å²) in [6.07, 6.45) is 6.26. The maximum Gasteiger partial charge on any atom is 0.344 e. The van der Waals surface area contributed by atoms with Gasteiger partial charge in [0.25, 0.3) is 0 Å². The van der Waals surface area contributed by atoms with Crippen molar-refractivity contribution in [3.63, 3.8) is 0 Å². The van der Waals surface area contributed by atoms with Crippen molar-refractivity contribution >= 4 is 16.9 Å². The van der Waals surface area contributed by atoms with Gasteiger partial charge in [-0.2, -0.15) is 10.9 Å². The summed E-state index contributed by atoms with van der Waals surface area (Å²) in [7, 11) is -0.596. The number of aryl methyl sites for hydroxylation is 2. The van der Waals surface area contributed by atoms with Crippen LogP contribution in [0, 0.1) is 37.5 Å². The molecular formula is C40H42O4S. The average Bonchev–Trinajstić information content (AvgIpc) is 3.37. The number of hydrogen-bond acceptors (Lipinski definition) is 4. The minimum Gasteiger partial charge on any atom is -0.488 e. The molecule has 0 spiro atoms. The average molecular weight is 619 g/mol. The molecule has 1 aliphatic heterocycles. The van der Waals surface area contributed by atoms with E-state index in [-0.39, 0.29) is 18.2 Å². The van der Waals surface area contributed by atoms with Gasteiger partial charge in [-0.1, -0.05) is 48.5 Å². The van der Waals surface area contributed by atoms with Crippen LogP contribution in [0.15, 0.2) is 99.6 Å². The molecule has 45 heavy (non-hydrogen) atoms. The van der Waals surface area contributed by atoms with Crippen LogP contribution in [0.5, 0.6) is 11.5 Å². The number of benzene rings is 4. The van der Waals surface area contributed by atoms with Gasteiger partial charge in [0.15, 0.2) is 6.61 Å². The molecule has 0 radical (unpaired) electrons. The third-order valence-electron chi connectivity index (χ3n) is 11.0. The minimum absolute atomic E-state index is 0.0556. The Bertz CT molecular complexity index is 1660. The number of hydrogen-bond donors (Lipinski definition) is 1. The Morgan fingerprint density at radius 1 is 0.756 bits per heavy atom. The summed E-state index contributed by atoms with van der Waals surface area (Å²) in [6.45, 7) is 6.88. The summed E-state index contributed by atoms with van der Waals surface area (Å²) in [5.74, 6) is 4.07. The molecule has 4 saturated carbocycles. The molecule has 9 rings (SSSR count). The van der Waals surface area contributed by atoms with Crippen LogP contribution in [-0.2, 0) is 16.1 Å². The highest BCUT2D eigenvalue weighted by Gasteiger charge is 2.57. The Hall–Kier alpha value is -3.70. The lowest BCUT2D eigenvalue weighted by Crippen LogP contribution is -2.58. The smallest absolute Gasteiger partial charge is 0.344 e.